The molecule has 0 bridgehead atoms. The van der Waals surface area contributed by atoms with Gasteiger partial charge in [0.15, 0.2) is 5.96 Å². The highest BCUT2D eigenvalue weighted by Crippen LogP contribution is 2.19. The molecule has 1 heterocycles. The molecule has 1 aliphatic rings. The van der Waals surface area contributed by atoms with Gasteiger partial charge in [-0.05, 0) is 36.1 Å². The number of nitrogens with two attached hydrogens (primary N) is 1. The maximum absolute atomic E-state index is 14.3. The fourth-order valence-electron chi connectivity index (χ4n) is 4.10. The van der Waals surface area contributed by atoms with E-state index in [-0.39, 0.29) is 10.9 Å². The number of rotatable bonds is 9. The Morgan fingerprint density at radius 1 is 0.970 bits per heavy atom. The van der Waals surface area contributed by atoms with Crippen LogP contribution in [0.4, 0.5) is 4.39 Å². The molecule has 3 aromatic rings. The summed E-state index contributed by atoms with van der Waals surface area (Å²) in [6.07, 6.45) is 1.17. The Kier molecular flexibility index (Phi) is 7.05. The minimum absolute atomic E-state index is 0.0173. The molecule has 0 aromatic heterocycles. The number of hydrogen-bond donors (Lipinski definition) is 2. The van der Waals surface area contributed by atoms with E-state index in [1.54, 1.807) is 0 Å². The van der Waals surface area contributed by atoms with Crippen LogP contribution in [0.15, 0.2) is 94.8 Å². The summed E-state index contributed by atoms with van der Waals surface area (Å²) in [6, 6.07) is 24.5. The van der Waals surface area contributed by atoms with Crippen molar-refractivity contribution >= 4 is 16.0 Å². The highest BCUT2D eigenvalue weighted by Gasteiger charge is 2.31. The van der Waals surface area contributed by atoms with Crippen molar-refractivity contribution in [3.63, 3.8) is 0 Å². The van der Waals surface area contributed by atoms with Crippen LogP contribution in [0, 0.1) is 5.82 Å². The Morgan fingerprint density at radius 3 is 2.24 bits per heavy atom. The number of hydrogen-bond acceptors (Lipinski definition) is 5. The van der Waals surface area contributed by atoms with Gasteiger partial charge in [0.2, 0.25) is 10.0 Å². The number of halogens is 1. The largest absolute Gasteiger partial charge is 0.370 e. The van der Waals surface area contributed by atoms with Gasteiger partial charge >= 0.3 is 0 Å². The van der Waals surface area contributed by atoms with Gasteiger partial charge in [-0.1, -0.05) is 72.8 Å². The Hall–Kier alpha value is -3.23. The Balaban J connectivity index is 1.57. The van der Waals surface area contributed by atoms with E-state index >= 15 is 0 Å². The lowest BCUT2D eigenvalue weighted by molar-refractivity contribution is 0.307. The van der Waals surface area contributed by atoms with E-state index in [9.17, 15) is 12.8 Å². The van der Waals surface area contributed by atoms with Crippen LogP contribution in [0.5, 0.6) is 0 Å². The second kappa shape index (κ2) is 10.1. The van der Waals surface area contributed by atoms with Crippen LogP contribution in [0.25, 0.3) is 0 Å². The maximum atomic E-state index is 14.3. The summed E-state index contributed by atoms with van der Waals surface area (Å²) in [7, 11) is -4.08. The van der Waals surface area contributed by atoms with Gasteiger partial charge in [-0.2, -0.15) is 0 Å². The molecule has 172 valence electrons. The second-order valence-electron chi connectivity index (χ2n) is 8.13. The van der Waals surface area contributed by atoms with Gasteiger partial charge in [-0.15, -0.1) is 0 Å². The highest BCUT2D eigenvalue weighted by atomic mass is 32.2. The molecule has 3 N–H and O–H groups in total. The summed E-state index contributed by atoms with van der Waals surface area (Å²) in [5, 5.41) is 0. The molecule has 0 spiro atoms. The Labute approximate surface area is 194 Å². The summed E-state index contributed by atoms with van der Waals surface area (Å²) >= 11 is 0. The second-order valence-corrected chi connectivity index (χ2v) is 9.82. The van der Waals surface area contributed by atoms with Gasteiger partial charge in [0, 0.05) is 12.6 Å². The minimum Gasteiger partial charge on any atom is -0.370 e. The fraction of sp³-hybridized carbons (Fsp3) is 0.240. The summed E-state index contributed by atoms with van der Waals surface area (Å²) < 4.78 is 43.1. The van der Waals surface area contributed by atoms with Crippen LogP contribution in [0.3, 0.4) is 0 Å². The number of aliphatic imine (C=N–C) groups is 1. The van der Waals surface area contributed by atoms with E-state index in [2.05, 4.69) is 21.8 Å². The average molecular weight is 467 g/mol. The van der Waals surface area contributed by atoms with E-state index in [1.807, 2.05) is 53.4 Å². The zero-order valence-corrected chi connectivity index (χ0v) is 19.0. The lowest BCUT2D eigenvalue weighted by atomic mass is 10.0. The molecule has 3 aromatic carbocycles. The molecule has 2 atom stereocenters. The molecule has 4 rings (SSSR count). The summed E-state index contributed by atoms with van der Waals surface area (Å²) in [5.74, 6) is -0.397. The van der Waals surface area contributed by atoms with E-state index in [1.165, 1.54) is 18.2 Å². The summed E-state index contributed by atoms with van der Waals surface area (Å²) in [4.78, 5) is 5.99. The lowest BCUT2D eigenvalue weighted by Gasteiger charge is -2.31. The molecule has 0 radical (unpaired) electrons. The highest BCUT2D eigenvalue weighted by molar-refractivity contribution is 7.89. The molecular formula is C25H27FN4O2S. The first-order valence-electron chi connectivity index (χ1n) is 10.8. The van der Waals surface area contributed by atoms with E-state index in [4.69, 9.17) is 5.73 Å². The number of sulfonamides is 1. The van der Waals surface area contributed by atoms with Crippen molar-refractivity contribution in [2.75, 3.05) is 13.1 Å². The van der Waals surface area contributed by atoms with Crippen LogP contribution >= 0.6 is 0 Å². The number of guanidine groups is 1. The minimum atomic E-state index is -4.08. The van der Waals surface area contributed by atoms with Gasteiger partial charge in [0.05, 0.1) is 12.6 Å². The zero-order chi connectivity index (χ0) is 23.3. The predicted molar refractivity (Wildman–Crippen MR) is 128 cm³/mol. The first kappa shape index (κ1) is 22.9. The van der Waals surface area contributed by atoms with Crippen LogP contribution in [0.1, 0.15) is 11.1 Å². The zero-order valence-electron chi connectivity index (χ0n) is 18.1. The van der Waals surface area contributed by atoms with Crippen LogP contribution in [-0.4, -0.2) is 44.5 Å². The first-order valence-corrected chi connectivity index (χ1v) is 12.3. The van der Waals surface area contributed by atoms with Crippen molar-refractivity contribution in [1.29, 1.82) is 0 Å². The number of benzene rings is 3. The molecule has 0 saturated heterocycles. The first-order chi connectivity index (χ1) is 15.9. The van der Waals surface area contributed by atoms with Gasteiger partial charge in [0.25, 0.3) is 0 Å². The van der Waals surface area contributed by atoms with Gasteiger partial charge in [-0.3, -0.25) is 4.99 Å². The van der Waals surface area contributed by atoms with Crippen LogP contribution in [0.2, 0.25) is 0 Å². The quantitative estimate of drug-likeness (QED) is 0.508. The molecule has 6 nitrogen and oxygen atoms in total. The van der Waals surface area contributed by atoms with E-state index in [0.29, 0.717) is 25.5 Å². The fourth-order valence-corrected chi connectivity index (χ4v) is 5.41. The molecular weight excluding hydrogens is 439 g/mol. The van der Waals surface area contributed by atoms with Crippen molar-refractivity contribution in [2.45, 2.75) is 29.8 Å². The van der Waals surface area contributed by atoms with Crippen molar-refractivity contribution in [3.8, 4) is 0 Å². The van der Waals surface area contributed by atoms with Crippen LogP contribution in [-0.2, 0) is 22.9 Å². The number of nitrogens with zero attached hydrogens (tertiary/aromatic N) is 2. The Morgan fingerprint density at radius 2 is 1.58 bits per heavy atom. The third kappa shape index (κ3) is 5.77. The molecule has 0 amide bonds. The lowest BCUT2D eigenvalue weighted by Crippen LogP contribution is -2.51. The van der Waals surface area contributed by atoms with Crippen molar-refractivity contribution in [1.82, 2.24) is 9.62 Å². The average Bonchev–Trinajstić information content (AvgIpc) is 3.14. The molecule has 33 heavy (non-hydrogen) atoms. The molecule has 0 fully saturated rings. The molecule has 1 aliphatic heterocycles. The third-order valence-corrected chi connectivity index (χ3v) is 7.26. The Bertz CT molecular complexity index is 1200. The van der Waals surface area contributed by atoms with Crippen molar-refractivity contribution in [3.05, 3.63) is 102 Å². The van der Waals surface area contributed by atoms with Gasteiger partial charge in [-0.25, -0.2) is 17.5 Å². The summed E-state index contributed by atoms with van der Waals surface area (Å²) in [5.41, 5.74) is 8.32. The van der Waals surface area contributed by atoms with Crippen molar-refractivity contribution < 1.29 is 12.8 Å². The normalized spacial score (nSPS) is 17.1. The molecule has 0 unspecified atom stereocenters. The van der Waals surface area contributed by atoms with Gasteiger partial charge < -0.3 is 10.6 Å². The molecule has 8 heteroatoms. The standard InChI is InChI=1S/C25H27FN4O2S/c26-23-13-7-8-14-24(23)33(31,32)29-21(15-19-9-3-1-4-10-19)18-30-22(17-28-25(30)27)16-20-11-5-2-6-12-20/h1-14,21-22,29H,15-18H2,(H2,27,28)/t21-,22-/m0/s1. The molecule has 0 aliphatic carbocycles. The third-order valence-electron chi connectivity index (χ3n) is 5.70. The van der Waals surface area contributed by atoms with Gasteiger partial charge in [0.1, 0.15) is 10.7 Å². The predicted octanol–water partition coefficient (Wildman–Crippen LogP) is 2.96. The SMILES string of the molecule is NC1=NC[C@H](Cc2ccccc2)N1C[C@H](Cc1ccccc1)NS(=O)(=O)c1ccccc1F. The molecule has 0 saturated carbocycles. The van der Waals surface area contributed by atoms with E-state index < -0.39 is 21.9 Å². The number of nitrogens with one attached hydrogen (secondary N) is 1. The van der Waals surface area contributed by atoms with E-state index in [0.717, 1.165) is 23.6 Å². The smallest absolute Gasteiger partial charge is 0.243 e. The topological polar surface area (TPSA) is 87.8 Å². The van der Waals surface area contributed by atoms with Crippen molar-refractivity contribution in [2.24, 2.45) is 10.7 Å². The van der Waals surface area contributed by atoms with Crippen LogP contribution < -0.4 is 10.5 Å². The summed E-state index contributed by atoms with van der Waals surface area (Å²) in [6.45, 7) is 0.855. The maximum Gasteiger partial charge on any atom is 0.243 e. The monoisotopic (exact) mass is 466 g/mol.